The minimum absolute atomic E-state index is 0.602. The molecule has 10 saturated carbocycles. The first-order valence-corrected chi connectivity index (χ1v) is 9.67. The van der Waals surface area contributed by atoms with Crippen molar-refractivity contribution >= 4 is 15.9 Å². The van der Waals surface area contributed by atoms with Crippen LogP contribution in [0.25, 0.3) is 0 Å². The first-order valence-electron chi connectivity index (χ1n) is 8.88. The highest BCUT2D eigenvalue weighted by molar-refractivity contribution is 9.10. The van der Waals surface area contributed by atoms with Crippen LogP contribution < -0.4 is 0 Å². The second-order valence-corrected chi connectivity index (χ2v) is 11.5. The van der Waals surface area contributed by atoms with E-state index >= 15 is 0 Å². The number of rotatable bonds is 0. The van der Waals surface area contributed by atoms with Crippen LogP contribution in [-0.2, 0) is 0 Å². The average molecular weight is 319 g/mol. The summed E-state index contributed by atoms with van der Waals surface area (Å²) in [5.41, 5.74) is 0.860. The molecule has 19 heavy (non-hydrogen) atoms. The lowest BCUT2D eigenvalue weighted by Gasteiger charge is -2.84. The van der Waals surface area contributed by atoms with Crippen molar-refractivity contribution in [2.24, 2.45) is 58.7 Å². The van der Waals surface area contributed by atoms with Crippen LogP contribution in [0.4, 0.5) is 0 Å². The second kappa shape index (κ2) is 2.61. The molecule has 0 aromatic rings. The van der Waals surface area contributed by atoms with Gasteiger partial charge in [0.2, 0.25) is 0 Å². The Morgan fingerprint density at radius 1 is 0.684 bits per heavy atom. The van der Waals surface area contributed by atoms with Gasteiger partial charge in [0.15, 0.2) is 0 Å². The minimum atomic E-state index is 0.602. The molecule has 1 heteroatoms. The van der Waals surface area contributed by atoms with E-state index in [-0.39, 0.29) is 0 Å². The predicted octanol–water partition coefficient (Wildman–Crippen LogP) is 4.48. The third-order valence-corrected chi connectivity index (χ3v) is 10.6. The molecule has 11 atom stereocenters. The zero-order valence-corrected chi connectivity index (χ0v) is 13.1. The molecular weight excluding hydrogens is 296 g/mol. The first kappa shape index (κ1) is 10.2. The minimum Gasteiger partial charge on any atom is -0.0853 e. The molecule has 1 spiro atoms. The Kier molecular flexibility index (Phi) is 1.41. The Bertz CT molecular complexity index is 478. The molecule has 5 unspecified atom stereocenters. The molecule has 10 aliphatic rings. The van der Waals surface area contributed by atoms with Gasteiger partial charge in [-0.1, -0.05) is 15.9 Å². The van der Waals surface area contributed by atoms with Crippen LogP contribution in [0.3, 0.4) is 0 Å². The van der Waals surface area contributed by atoms with E-state index in [1.54, 1.807) is 44.9 Å². The van der Waals surface area contributed by atoms with Crippen LogP contribution in [0.15, 0.2) is 0 Å². The van der Waals surface area contributed by atoms with E-state index < -0.39 is 0 Å². The van der Waals surface area contributed by atoms with Gasteiger partial charge in [-0.3, -0.25) is 0 Å². The fourth-order valence-electron chi connectivity index (χ4n) is 10.3. The summed E-state index contributed by atoms with van der Waals surface area (Å²) in [4.78, 5) is 0. The lowest BCUT2D eigenvalue weighted by Crippen LogP contribution is -2.79. The Hall–Kier alpha value is 0.480. The third-order valence-electron chi connectivity index (χ3n) is 9.65. The number of alkyl halides is 1. The van der Waals surface area contributed by atoms with Crippen molar-refractivity contribution in [3.8, 4) is 0 Å². The Labute approximate surface area is 124 Å². The highest BCUT2D eigenvalue weighted by atomic mass is 79.9. The molecule has 0 heterocycles. The number of hydrogen-bond donors (Lipinski definition) is 0. The van der Waals surface area contributed by atoms with Crippen molar-refractivity contribution in [2.75, 3.05) is 0 Å². The van der Waals surface area contributed by atoms with Gasteiger partial charge in [-0.25, -0.2) is 0 Å². The van der Waals surface area contributed by atoms with E-state index in [0.717, 1.165) is 23.2 Å². The molecule has 10 aliphatic carbocycles. The molecule has 0 radical (unpaired) electrons. The number of halogens is 1. The van der Waals surface area contributed by atoms with Crippen LogP contribution >= 0.6 is 15.9 Å². The summed E-state index contributed by atoms with van der Waals surface area (Å²) < 4.78 is 0.602. The molecule has 0 saturated heterocycles. The molecule has 0 N–H and O–H groups in total. The van der Waals surface area contributed by atoms with E-state index in [9.17, 15) is 0 Å². The van der Waals surface area contributed by atoms with Crippen LogP contribution in [0.2, 0.25) is 0 Å². The van der Waals surface area contributed by atoms with Gasteiger partial charge in [0.25, 0.3) is 0 Å². The van der Waals surface area contributed by atoms with E-state index in [4.69, 9.17) is 0 Å². The highest BCUT2D eigenvalue weighted by Crippen LogP contribution is 2.85. The van der Waals surface area contributed by atoms with Gasteiger partial charge in [-0.2, -0.15) is 0 Å². The third kappa shape index (κ3) is 0.836. The van der Waals surface area contributed by atoms with Crippen LogP contribution in [0.5, 0.6) is 0 Å². The molecule has 0 aromatic carbocycles. The van der Waals surface area contributed by atoms with Crippen LogP contribution in [0.1, 0.15) is 44.9 Å². The van der Waals surface area contributed by atoms with Gasteiger partial charge in [-0.05, 0) is 104 Å². The van der Waals surface area contributed by atoms with Crippen molar-refractivity contribution in [3.63, 3.8) is 0 Å². The molecule has 102 valence electrons. The molecule has 0 nitrogen and oxygen atoms in total. The van der Waals surface area contributed by atoms with E-state index in [2.05, 4.69) is 15.9 Å². The van der Waals surface area contributed by atoms with Gasteiger partial charge < -0.3 is 0 Å². The SMILES string of the molecule is BrC12C[C@@H]3C4CC5[C@H]6CC7C[C@@H]5[C@H]([C@@H]4C1)C(C7)(C2)[C@H]36. The Balaban J connectivity index is 1.55. The van der Waals surface area contributed by atoms with E-state index in [1.165, 1.54) is 35.5 Å². The molecule has 0 aromatic heterocycles. The predicted molar refractivity (Wildman–Crippen MR) is 77.8 cm³/mol. The molecule has 11 bridgehead atoms. The average Bonchev–Trinajstić information content (AvgIpc) is 2.34. The monoisotopic (exact) mass is 318 g/mol. The van der Waals surface area contributed by atoms with Crippen molar-refractivity contribution in [3.05, 3.63) is 0 Å². The summed E-state index contributed by atoms with van der Waals surface area (Å²) in [6.45, 7) is 0. The second-order valence-electron chi connectivity index (χ2n) is 9.78. The lowest BCUT2D eigenvalue weighted by atomic mass is 9.22. The summed E-state index contributed by atoms with van der Waals surface area (Å²) >= 11 is 4.27. The Morgan fingerprint density at radius 3 is 2.00 bits per heavy atom. The van der Waals surface area contributed by atoms with E-state index in [1.807, 2.05) is 0 Å². The topological polar surface area (TPSA) is 0 Å². The standard InChI is InChI=1S/C18H23Br/c19-17-5-13-10-3-9-11-1-8-2-12(9)16(14(10)6-17)18(4-8,7-17)15(11)13/h8-16H,1-7H2/t8?,9?,10?,11-,12+,13-,14-,15+,16-,17?,18?/m1/s1. The zero-order chi connectivity index (χ0) is 12.1. The van der Waals surface area contributed by atoms with Gasteiger partial charge >= 0.3 is 0 Å². The molecule has 0 amide bonds. The van der Waals surface area contributed by atoms with Gasteiger partial charge in [-0.15, -0.1) is 0 Å². The molecule has 0 aliphatic heterocycles. The summed E-state index contributed by atoms with van der Waals surface area (Å²) in [6, 6.07) is 0. The van der Waals surface area contributed by atoms with Crippen LogP contribution in [-0.4, -0.2) is 4.32 Å². The van der Waals surface area contributed by atoms with Gasteiger partial charge in [0.1, 0.15) is 0 Å². The summed E-state index contributed by atoms with van der Waals surface area (Å²) in [5.74, 6) is 10.7. The van der Waals surface area contributed by atoms with Crippen molar-refractivity contribution < 1.29 is 0 Å². The van der Waals surface area contributed by atoms with Crippen molar-refractivity contribution in [1.82, 2.24) is 0 Å². The van der Waals surface area contributed by atoms with Crippen molar-refractivity contribution in [2.45, 2.75) is 49.3 Å². The molecule has 10 rings (SSSR count). The summed E-state index contributed by atoms with van der Waals surface area (Å²) in [6.07, 6.45) is 11.4. The molecule has 10 fully saturated rings. The maximum atomic E-state index is 4.27. The lowest BCUT2D eigenvalue weighted by molar-refractivity contribution is -0.341. The van der Waals surface area contributed by atoms with E-state index in [0.29, 0.717) is 4.32 Å². The fraction of sp³-hybridized carbons (Fsp3) is 1.00. The largest absolute Gasteiger partial charge is 0.0853 e. The quantitative estimate of drug-likeness (QED) is 0.578. The Morgan fingerprint density at radius 2 is 1.32 bits per heavy atom. The molecular formula is C18H23Br. The maximum absolute atomic E-state index is 4.27. The van der Waals surface area contributed by atoms with Crippen LogP contribution in [0, 0.1) is 58.7 Å². The fourth-order valence-corrected chi connectivity index (χ4v) is 11.6. The normalized spacial score (nSPS) is 80.4. The number of hydrogen-bond acceptors (Lipinski definition) is 0. The summed E-state index contributed by atoms with van der Waals surface area (Å²) in [5, 5.41) is 0. The maximum Gasteiger partial charge on any atom is 0.0269 e. The van der Waals surface area contributed by atoms with Gasteiger partial charge in [0, 0.05) is 4.32 Å². The first-order chi connectivity index (χ1) is 9.19. The highest BCUT2D eigenvalue weighted by Gasteiger charge is 2.79. The van der Waals surface area contributed by atoms with Crippen molar-refractivity contribution in [1.29, 1.82) is 0 Å². The smallest absolute Gasteiger partial charge is 0.0269 e. The van der Waals surface area contributed by atoms with Gasteiger partial charge in [0.05, 0.1) is 0 Å². The zero-order valence-electron chi connectivity index (χ0n) is 11.5. The summed E-state index contributed by atoms with van der Waals surface area (Å²) in [7, 11) is 0.